The minimum Gasteiger partial charge on any atom is -0.464 e. The predicted molar refractivity (Wildman–Crippen MR) is 109 cm³/mol. The number of nitrogens with one attached hydrogen (secondary N) is 1. The summed E-state index contributed by atoms with van der Waals surface area (Å²) >= 11 is 6.28. The fourth-order valence-corrected chi connectivity index (χ4v) is 3.95. The number of ether oxygens (including phenoxy) is 2. The molecule has 1 aromatic heterocycles. The highest BCUT2D eigenvalue weighted by molar-refractivity contribution is 6.35. The van der Waals surface area contributed by atoms with Gasteiger partial charge in [-0.1, -0.05) is 29.8 Å². The second kappa shape index (κ2) is 6.79. The van der Waals surface area contributed by atoms with Gasteiger partial charge >= 0.3 is 0 Å². The van der Waals surface area contributed by atoms with Crippen molar-refractivity contribution in [3.63, 3.8) is 0 Å². The van der Waals surface area contributed by atoms with E-state index in [-0.39, 0.29) is 12.4 Å². The Hall–Kier alpha value is -2.14. The van der Waals surface area contributed by atoms with Gasteiger partial charge in [0.25, 0.3) is 5.79 Å². The number of benzene rings is 2. The monoisotopic (exact) mass is 403 g/mol. The van der Waals surface area contributed by atoms with Crippen molar-refractivity contribution >= 4 is 40.6 Å². The molecule has 0 amide bonds. The quantitative estimate of drug-likeness (QED) is 0.610. The Labute approximate surface area is 168 Å². The van der Waals surface area contributed by atoms with E-state index in [4.69, 9.17) is 25.5 Å². The van der Waals surface area contributed by atoms with E-state index < -0.39 is 5.79 Å². The van der Waals surface area contributed by atoms with Crippen LogP contribution in [0.15, 0.2) is 53.2 Å². The molecule has 3 heterocycles. The number of hydrogen-bond donors (Lipinski definition) is 1. The van der Waals surface area contributed by atoms with Crippen molar-refractivity contribution in [1.29, 1.82) is 0 Å². The zero-order valence-corrected chi connectivity index (χ0v) is 16.3. The Kier molecular flexibility index (Phi) is 4.58. The predicted octanol–water partition coefficient (Wildman–Crippen LogP) is 5.53. The Morgan fingerprint density at radius 1 is 1.11 bits per heavy atom. The van der Waals surface area contributed by atoms with Crippen molar-refractivity contribution < 1.29 is 13.9 Å². The molecular weight excluding hydrogens is 385 g/mol. The van der Waals surface area contributed by atoms with Gasteiger partial charge in [-0.15, -0.1) is 12.4 Å². The van der Waals surface area contributed by atoms with Gasteiger partial charge in [-0.2, -0.15) is 0 Å². The standard InChI is InChI=1S/C21H18ClNO3.ClH/c1-21(16-5-6-17(22)15-9-12-24-19(15)16)25-18-4-2-3-14(20(18)26-21)13-7-10-23-11-8-13;/h2-7,9,12,23H,8,10-11H2,1H3;1H. The Morgan fingerprint density at radius 3 is 2.81 bits per heavy atom. The highest BCUT2D eigenvalue weighted by Gasteiger charge is 2.42. The molecule has 27 heavy (non-hydrogen) atoms. The maximum absolute atomic E-state index is 6.40. The highest BCUT2D eigenvalue weighted by atomic mass is 35.5. The Bertz CT molecular complexity index is 1040. The van der Waals surface area contributed by atoms with Gasteiger partial charge in [0.05, 0.1) is 16.8 Å². The van der Waals surface area contributed by atoms with Gasteiger partial charge < -0.3 is 19.2 Å². The summed E-state index contributed by atoms with van der Waals surface area (Å²) in [6.45, 7) is 3.76. The van der Waals surface area contributed by atoms with Crippen LogP contribution in [0.5, 0.6) is 11.5 Å². The zero-order valence-electron chi connectivity index (χ0n) is 14.8. The summed E-state index contributed by atoms with van der Waals surface area (Å²) in [5.41, 5.74) is 3.89. The summed E-state index contributed by atoms with van der Waals surface area (Å²) in [5, 5.41) is 4.85. The highest BCUT2D eigenvalue weighted by Crippen LogP contribution is 2.49. The third-order valence-corrected chi connectivity index (χ3v) is 5.37. The van der Waals surface area contributed by atoms with E-state index in [9.17, 15) is 0 Å². The van der Waals surface area contributed by atoms with Gasteiger partial charge in [0.2, 0.25) is 0 Å². The molecule has 0 bridgehead atoms. The largest absolute Gasteiger partial charge is 0.464 e. The molecule has 4 nitrogen and oxygen atoms in total. The van der Waals surface area contributed by atoms with Crippen LogP contribution in [0.3, 0.4) is 0 Å². The van der Waals surface area contributed by atoms with Crippen LogP contribution in [-0.4, -0.2) is 13.1 Å². The fraction of sp³-hybridized carbons (Fsp3) is 0.238. The molecule has 2 aliphatic heterocycles. The lowest BCUT2D eigenvalue weighted by Gasteiger charge is -2.24. The number of para-hydroxylation sites is 1. The van der Waals surface area contributed by atoms with Gasteiger partial charge in [0, 0.05) is 24.4 Å². The second-order valence-electron chi connectivity index (χ2n) is 6.72. The first-order valence-electron chi connectivity index (χ1n) is 8.73. The first-order chi connectivity index (χ1) is 12.7. The normalized spacial score (nSPS) is 21.0. The van der Waals surface area contributed by atoms with Gasteiger partial charge in [-0.05, 0) is 42.8 Å². The lowest BCUT2D eigenvalue weighted by atomic mass is 9.99. The molecule has 1 atom stereocenters. The number of halogens is 2. The molecule has 2 aromatic carbocycles. The minimum atomic E-state index is -0.966. The molecule has 0 saturated carbocycles. The first kappa shape index (κ1) is 18.2. The van der Waals surface area contributed by atoms with Crippen molar-refractivity contribution in [3.8, 4) is 11.5 Å². The molecule has 140 valence electrons. The van der Waals surface area contributed by atoms with Crippen molar-refractivity contribution in [2.24, 2.45) is 0 Å². The van der Waals surface area contributed by atoms with Crippen LogP contribution >= 0.6 is 24.0 Å². The average Bonchev–Trinajstić information content (AvgIpc) is 3.27. The maximum atomic E-state index is 6.40. The molecule has 6 heteroatoms. The molecule has 3 aromatic rings. The van der Waals surface area contributed by atoms with E-state index in [2.05, 4.69) is 17.5 Å². The van der Waals surface area contributed by atoms with Gasteiger partial charge in [0.1, 0.15) is 5.58 Å². The van der Waals surface area contributed by atoms with E-state index in [0.717, 1.165) is 47.5 Å². The van der Waals surface area contributed by atoms with Crippen LogP contribution in [0.2, 0.25) is 5.02 Å². The van der Waals surface area contributed by atoms with Crippen LogP contribution in [0, 0.1) is 0 Å². The number of rotatable bonds is 2. The van der Waals surface area contributed by atoms with Crippen LogP contribution in [0.4, 0.5) is 0 Å². The molecule has 1 unspecified atom stereocenters. The Morgan fingerprint density at radius 2 is 2.00 bits per heavy atom. The third kappa shape index (κ3) is 2.89. The van der Waals surface area contributed by atoms with Gasteiger partial charge in [-0.25, -0.2) is 0 Å². The average molecular weight is 404 g/mol. The molecule has 5 rings (SSSR count). The number of fused-ring (bicyclic) bond motifs is 2. The fourth-order valence-electron chi connectivity index (χ4n) is 3.74. The molecule has 0 fully saturated rings. The van der Waals surface area contributed by atoms with Crippen molar-refractivity contribution in [2.45, 2.75) is 19.1 Å². The summed E-state index contributed by atoms with van der Waals surface area (Å²) in [6, 6.07) is 11.7. The van der Waals surface area contributed by atoms with E-state index in [0.29, 0.717) is 10.6 Å². The molecule has 1 N–H and O–H groups in total. The zero-order chi connectivity index (χ0) is 17.7. The van der Waals surface area contributed by atoms with Crippen molar-refractivity contribution in [3.05, 3.63) is 64.9 Å². The second-order valence-corrected chi connectivity index (χ2v) is 7.13. The van der Waals surface area contributed by atoms with Crippen LogP contribution < -0.4 is 14.8 Å². The summed E-state index contributed by atoms with van der Waals surface area (Å²) in [4.78, 5) is 0. The molecule has 0 saturated heterocycles. The first-order valence-corrected chi connectivity index (χ1v) is 9.11. The van der Waals surface area contributed by atoms with Crippen LogP contribution in [0.1, 0.15) is 24.5 Å². The number of furan rings is 1. The SMILES string of the molecule is CC1(c2ccc(Cl)c3ccoc23)Oc2cccc(C3=CCNCC3)c2O1.Cl. The molecule has 2 aliphatic rings. The molecule has 0 aliphatic carbocycles. The molecule has 0 spiro atoms. The lowest BCUT2D eigenvalue weighted by Crippen LogP contribution is -2.31. The van der Waals surface area contributed by atoms with E-state index in [1.54, 1.807) is 6.26 Å². The molecular formula is C21H19Cl2NO3. The summed E-state index contributed by atoms with van der Waals surface area (Å²) in [5.74, 6) is 0.573. The third-order valence-electron chi connectivity index (χ3n) is 5.04. The van der Waals surface area contributed by atoms with E-state index in [1.165, 1.54) is 5.57 Å². The Balaban J connectivity index is 0.00000180. The van der Waals surface area contributed by atoms with Crippen LogP contribution in [0.25, 0.3) is 16.5 Å². The van der Waals surface area contributed by atoms with E-state index in [1.807, 2.05) is 37.3 Å². The van der Waals surface area contributed by atoms with Gasteiger partial charge in [-0.3, -0.25) is 0 Å². The van der Waals surface area contributed by atoms with Crippen LogP contribution in [-0.2, 0) is 5.79 Å². The topological polar surface area (TPSA) is 43.6 Å². The van der Waals surface area contributed by atoms with Crippen molar-refractivity contribution in [2.75, 3.05) is 13.1 Å². The lowest BCUT2D eigenvalue weighted by molar-refractivity contribution is -0.0674. The van der Waals surface area contributed by atoms with Crippen molar-refractivity contribution in [1.82, 2.24) is 5.32 Å². The summed E-state index contributed by atoms with van der Waals surface area (Å²) in [7, 11) is 0. The summed E-state index contributed by atoms with van der Waals surface area (Å²) < 4.78 is 18.3. The van der Waals surface area contributed by atoms with E-state index >= 15 is 0 Å². The minimum absolute atomic E-state index is 0. The molecule has 0 radical (unpaired) electrons. The smallest absolute Gasteiger partial charge is 0.279 e. The number of hydrogen-bond acceptors (Lipinski definition) is 4. The maximum Gasteiger partial charge on any atom is 0.279 e. The summed E-state index contributed by atoms with van der Waals surface area (Å²) in [6.07, 6.45) is 4.82. The van der Waals surface area contributed by atoms with Gasteiger partial charge in [0.15, 0.2) is 11.5 Å².